The summed E-state index contributed by atoms with van der Waals surface area (Å²) in [4.78, 5) is 17.5. The zero-order valence-corrected chi connectivity index (χ0v) is 14.5. The molecule has 3 rings (SSSR count). The number of benzene rings is 2. The van der Waals surface area contributed by atoms with E-state index in [1.54, 1.807) is 7.11 Å². The van der Waals surface area contributed by atoms with Gasteiger partial charge in [-0.1, -0.05) is 17.4 Å². The normalized spacial score (nSPS) is 10.7. The van der Waals surface area contributed by atoms with Gasteiger partial charge in [-0.2, -0.15) is 0 Å². The minimum absolute atomic E-state index is 0.0541. The van der Waals surface area contributed by atoms with E-state index in [9.17, 15) is 4.79 Å². The molecule has 1 amide bonds. The maximum Gasteiger partial charge on any atom is 0.236 e. The van der Waals surface area contributed by atoms with Crippen molar-refractivity contribution >= 4 is 44.4 Å². The highest BCUT2D eigenvalue weighted by Crippen LogP contribution is 2.27. The van der Waals surface area contributed by atoms with Gasteiger partial charge in [-0.3, -0.25) is 4.79 Å². The molecule has 0 aliphatic rings. The van der Waals surface area contributed by atoms with Crippen LogP contribution in [0.4, 0.5) is 5.13 Å². The minimum atomic E-state index is -0.0541. The molecule has 0 radical (unpaired) electrons. The number of thiazole rings is 1. The molecule has 1 N–H and O–H groups in total. The Labute approximate surface area is 142 Å². The summed E-state index contributed by atoms with van der Waals surface area (Å²) in [5.41, 5.74) is 2.10. The number of fused-ring (bicyclic) bond motifs is 1. The Morgan fingerprint density at radius 3 is 2.78 bits per heavy atom. The number of aryl methyl sites for hydroxylation is 1. The van der Waals surface area contributed by atoms with Crippen LogP contribution >= 0.6 is 23.1 Å². The molecule has 1 heterocycles. The minimum Gasteiger partial charge on any atom is -0.497 e. The second-order valence-corrected chi connectivity index (χ2v) is 7.08. The van der Waals surface area contributed by atoms with Crippen molar-refractivity contribution in [1.82, 2.24) is 4.98 Å². The molecule has 0 aliphatic carbocycles. The van der Waals surface area contributed by atoms with Gasteiger partial charge in [0, 0.05) is 4.90 Å². The topological polar surface area (TPSA) is 51.2 Å². The standard InChI is InChI=1S/C17H16N2O2S2/c1-11-3-8-14-15(9-11)23-17(18-14)19-16(20)10-22-13-6-4-12(21-2)5-7-13/h3-9H,10H2,1-2H3,(H,18,19,20). The Hall–Kier alpha value is -2.05. The smallest absolute Gasteiger partial charge is 0.236 e. The Kier molecular flexibility index (Phi) is 4.83. The van der Waals surface area contributed by atoms with Gasteiger partial charge in [0.1, 0.15) is 5.75 Å². The monoisotopic (exact) mass is 344 g/mol. The Bertz CT molecular complexity index is 828. The quantitative estimate of drug-likeness (QED) is 0.699. The Morgan fingerprint density at radius 2 is 2.04 bits per heavy atom. The third-order valence-corrected chi connectivity index (χ3v) is 5.17. The van der Waals surface area contributed by atoms with Gasteiger partial charge in [-0.15, -0.1) is 11.8 Å². The summed E-state index contributed by atoms with van der Waals surface area (Å²) < 4.78 is 6.20. The number of nitrogens with zero attached hydrogens (tertiary/aromatic N) is 1. The van der Waals surface area contributed by atoms with Gasteiger partial charge in [0.15, 0.2) is 5.13 Å². The summed E-state index contributed by atoms with van der Waals surface area (Å²) in [6, 6.07) is 13.7. The summed E-state index contributed by atoms with van der Waals surface area (Å²) in [5, 5.41) is 3.51. The zero-order chi connectivity index (χ0) is 16.2. The van der Waals surface area contributed by atoms with Crippen molar-refractivity contribution in [1.29, 1.82) is 0 Å². The molecule has 0 saturated carbocycles. The third kappa shape index (κ3) is 4.03. The van der Waals surface area contributed by atoms with Crippen molar-refractivity contribution in [3.05, 3.63) is 48.0 Å². The molecule has 23 heavy (non-hydrogen) atoms. The number of carbonyl (C=O) groups is 1. The Morgan fingerprint density at radius 1 is 1.26 bits per heavy atom. The molecule has 2 aromatic carbocycles. The number of hydrogen-bond acceptors (Lipinski definition) is 5. The van der Waals surface area contributed by atoms with Crippen molar-refractivity contribution in [2.24, 2.45) is 0 Å². The van der Waals surface area contributed by atoms with Crippen LogP contribution in [0.3, 0.4) is 0 Å². The number of anilines is 1. The van der Waals surface area contributed by atoms with Crippen molar-refractivity contribution < 1.29 is 9.53 Å². The van der Waals surface area contributed by atoms with Crippen LogP contribution < -0.4 is 10.1 Å². The SMILES string of the molecule is COc1ccc(SCC(=O)Nc2nc3ccc(C)cc3s2)cc1. The summed E-state index contributed by atoms with van der Waals surface area (Å²) in [6.07, 6.45) is 0. The highest BCUT2D eigenvalue weighted by Gasteiger charge is 2.08. The molecule has 0 aliphatic heterocycles. The van der Waals surface area contributed by atoms with E-state index in [-0.39, 0.29) is 5.91 Å². The maximum absolute atomic E-state index is 12.1. The van der Waals surface area contributed by atoms with Crippen LogP contribution in [0.1, 0.15) is 5.56 Å². The fourth-order valence-electron chi connectivity index (χ4n) is 2.06. The summed E-state index contributed by atoms with van der Waals surface area (Å²) >= 11 is 2.98. The number of aromatic nitrogens is 1. The number of hydrogen-bond donors (Lipinski definition) is 1. The van der Waals surface area contributed by atoms with Gasteiger partial charge >= 0.3 is 0 Å². The average Bonchev–Trinajstić information content (AvgIpc) is 2.94. The molecule has 3 aromatic rings. The van der Waals surface area contributed by atoms with Crippen LogP contribution in [0.2, 0.25) is 0 Å². The number of rotatable bonds is 5. The van der Waals surface area contributed by atoms with Crippen molar-refractivity contribution in [3.63, 3.8) is 0 Å². The van der Waals surface area contributed by atoms with E-state index in [0.29, 0.717) is 10.9 Å². The Balaban J connectivity index is 1.59. The molecule has 118 valence electrons. The summed E-state index contributed by atoms with van der Waals surface area (Å²) in [6.45, 7) is 2.04. The van der Waals surface area contributed by atoms with E-state index in [1.807, 2.05) is 43.3 Å². The average molecular weight is 344 g/mol. The van der Waals surface area contributed by atoms with Gasteiger partial charge in [0.2, 0.25) is 5.91 Å². The second-order valence-electron chi connectivity index (χ2n) is 5.00. The first-order valence-corrected chi connectivity index (χ1v) is 8.88. The summed E-state index contributed by atoms with van der Waals surface area (Å²) in [5.74, 6) is 1.10. The first-order chi connectivity index (χ1) is 11.1. The predicted molar refractivity (Wildman–Crippen MR) is 96.7 cm³/mol. The second kappa shape index (κ2) is 7.02. The fraction of sp³-hybridized carbons (Fsp3) is 0.176. The first kappa shape index (κ1) is 15.8. The van der Waals surface area contributed by atoms with E-state index in [4.69, 9.17) is 4.74 Å². The lowest BCUT2D eigenvalue weighted by Crippen LogP contribution is -2.13. The molecular formula is C17H16N2O2S2. The molecule has 0 saturated heterocycles. The van der Waals surface area contributed by atoms with Gasteiger partial charge in [-0.25, -0.2) is 4.98 Å². The largest absolute Gasteiger partial charge is 0.497 e. The van der Waals surface area contributed by atoms with E-state index >= 15 is 0 Å². The number of amides is 1. The fourth-order valence-corrected chi connectivity index (χ4v) is 3.74. The number of nitrogens with one attached hydrogen (secondary N) is 1. The molecule has 0 spiro atoms. The lowest BCUT2D eigenvalue weighted by Gasteiger charge is -2.03. The van der Waals surface area contributed by atoms with Crippen LogP contribution in [-0.4, -0.2) is 23.8 Å². The van der Waals surface area contributed by atoms with Gasteiger partial charge in [0.25, 0.3) is 0 Å². The molecule has 0 fully saturated rings. The van der Waals surface area contributed by atoms with Crippen molar-refractivity contribution in [2.45, 2.75) is 11.8 Å². The van der Waals surface area contributed by atoms with Crippen LogP contribution in [0.25, 0.3) is 10.2 Å². The van der Waals surface area contributed by atoms with Crippen LogP contribution in [-0.2, 0) is 4.79 Å². The molecule has 0 atom stereocenters. The van der Waals surface area contributed by atoms with Crippen LogP contribution in [0.5, 0.6) is 5.75 Å². The van der Waals surface area contributed by atoms with Crippen molar-refractivity contribution in [2.75, 3.05) is 18.2 Å². The van der Waals surface area contributed by atoms with Crippen LogP contribution in [0.15, 0.2) is 47.4 Å². The highest BCUT2D eigenvalue weighted by molar-refractivity contribution is 8.00. The molecule has 0 unspecified atom stereocenters. The molecule has 1 aromatic heterocycles. The van der Waals surface area contributed by atoms with E-state index in [0.717, 1.165) is 20.9 Å². The molecule has 4 nitrogen and oxygen atoms in total. The number of methoxy groups -OCH3 is 1. The van der Waals surface area contributed by atoms with E-state index in [1.165, 1.54) is 28.7 Å². The molecule has 6 heteroatoms. The summed E-state index contributed by atoms with van der Waals surface area (Å²) in [7, 11) is 1.63. The number of ether oxygens (including phenoxy) is 1. The van der Waals surface area contributed by atoms with E-state index in [2.05, 4.69) is 16.4 Å². The van der Waals surface area contributed by atoms with E-state index < -0.39 is 0 Å². The third-order valence-electron chi connectivity index (χ3n) is 3.22. The van der Waals surface area contributed by atoms with Gasteiger partial charge in [-0.05, 0) is 48.9 Å². The zero-order valence-electron chi connectivity index (χ0n) is 12.8. The highest BCUT2D eigenvalue weighted by atomic mass is 32.2. The molecule has 0 bridgehead atoms. The lowest BCUT2D eigenvalue weighted by molar-refractivity contribution is -0.113. The van der Waals surface area contributed by atoms with Gasteiger partial charge < -0.3 is 10.1 Å². The van der Waals surface area contributed by atoms with Gasteiger partial charge in [0.05, 0.1) is 23.1 Å². The number of carbonyl (C=O) groups excluding carboxylic acids is 1. The van der Waals surface area contributed by atoms with Crippen LogP contribution in [0, 0.1) is 6.92 Å². The lowest BCUT2D eigenvalue weighted by atomic mass is 10.2. The predicted octanol–water partition coefficient (Wildman–Crippen LogP) is 4.34. The van der Waals surface area contributed by atoms with Crippen molar-refractivity contribution in [3.8, 4) is 5.75 Å². The first-order valence-electron chi connectivity index (χ1n) is 7.08. The number of thioether (sulfide) groups is 1. The molecular weight excluding hydrogens is 328 g/mol. The maximum atomic E-state index is 12.1.